The fraction of sp³-hybridized carbons (Fsp3) is 0.357. The molecule has 0 atom stereocenters. The molecule has 0 saturated carbocycles. The molecule has 0 aliphatic heterocycles. The SMILES string of the molecule is Cn1c(-c2ccc(F)cc2)cnc1C(C)(C)C. The Labute approximate surface area is 101 Å². The first-order chi connectivity index (χ1) is 7.89. The molecular weight excluding hydrogens is 215 g/mol. The van der Waals surface area contributed by atoms with E-state index in [0.29, 0.717) is 0 Å². The smallest absolute Gasteiger partial charge is 0.123 e. The summed E-state index contributed by atoms with van der Waals surface area (Å²) in [6.07, 6.45) is 1.84. The molecule has 3 heteroatoms. The third-order valence-electron chi connectivity index (χ3n) is 2.80. The summed E-state index contributed by atoms with van der Waals surface area (Å²) in [5.41, 5.74) is 2.00. The molecule has 2 rings (SSSR count). The molecule has 0 aliphatic rings. The van der Waals surface area contributed by atoms with Gasteiger partial charge in [0.1, 0.15) is 11.6 Å². The molecule has 0 unspecified atom stereocenters. The van der Waals surface area contributed by atoms with Crippen LogP contribution in [-0.4, -0.2) is 9.55 Å². The fourth-order valence-electron chi connectivity index (χ4n) is 2.00. The monoisotopic (exact) mass is 232 g/mol. The molecule has 1 aromatic heterocycles. The molecule has 0 fully saturated rings. The fourth-order valence-corrected chi connectivity index (χ4v) is 2.00. The van der Waals surface area contributed by atoms with Crippen molar-refractivity contribution in [1.82, 2.24) is 9.55 Å². The van der Waals surface area contributed by atoms with Crippen LogP contribution in [0.3, 0.4) is 0 Å². The first kappa shape index (κ1) is 11.8. The number of nitrogens with zero attached hydrogens (tertiary/aromatic N) is 2. The highest BCUT2D eigenvalue weighted by Gasteiger charge is 2.20. The second-order valence-corrected chi connectivity index (χ2v) is 5.28. The number of aromatic nitrogens is 2. The summed E-state index contributed by atoms with van der Waals surface area (Å²) in [4.78, 5) is 4.46. The van der Waals surface area contributed by atoms with Crippen molar-refractivity contribution in [2.45, 2.75) is 26.2 Å². The van der Waals surface area contributed by atoms with Gasteiger partial charge in [-0.05, 0) is 29.8 Å². The average molecular weight is 232 g/mol. The van der Waals surface area contributed by atoms with Crippen LogP contribution >= 0.6 is 0 Å². The van der Waals surface area contributed by atoms with Crippen LogP contribution < -0.4 is 0 Å². The van der Waals surface area contributed by atoms with Crippen LogP contribution in [0.15, 0.2) is 30.5 Å². The van der Waals surface area contributed by atoms with E-state index in [9.17, 15) is 4.39 Å². The van der Waals surface area contributed by atoms with Gasteiger partial charge in [0.15, 0.2) is 0 Å². The number of hydrogen-bond donors (Lipinski definition) is 0. The topological polar surface area (TPSA) is 17.8 Å². The molecular formula is C14H17FN2. The van der Waals surface area contributed by atoms with Crippen LogP contribution in [0.5, 0.6) is 0 Å². The van der Waals surface area contributed by atoms with Gasteiger partial charge < -0.3 is 4.57 Å². The van der Waals surface area contributed by atoms with E-state index in [2.05, 4.69) is 30.3 Å². The maximum Gasteiger partial charge on any atom is 0.123 e. The van der Waals surface area contributed by atoms with E-state index in [0.717, 1.165) is 17.1 Å². The molecule has 90 valence electrons. The second-order valence-electron chi connectivity index (χ2n) is 5.28. The zero-order chi connectivity index (χ0) is 12.6. The molecule has 2 aromatic rings. The van der Waals surface area contributed by atoms with Gasteiger partial charge in [-0.3, -0.25) is 0 Å². The van der Waals surface area contributed by atoms with E-state index in [4.69, 9.17) is 0 Å². The molecule has 0 bridgehead atoms. The number of rotatable bonds is 1. The summed E-state index contributed by atoms with van der Waals surface area (Å²) in [6, 6.07) is 6.50. The van der Waals surface area contributed by atoms with Crippen molar-refractivity contribution in [2.75, 3.05) is 0 Å². The maximum atomic E-state index is 12.9. The molecule has 0 spiro atoms. The molecule has 1 aromatic carbocycles. The van der Waals surface area contributed by atoms with Crippen LogP contribution in [0.25, 0.3) is 11.3 Å². The van der Waals surface area contributed by atoms with Gasteiger partial charge in [-0.2, -0.15) is 0 Å². The van der Waals surface area contributed by atoms with Crippen molar-refractivity contribution in [2.24, 2.45) is 7.05 Å². The van der Waals surface area contributed by atoms with E-state index in [1.807, 2.05) is 13.2 Å². The number of benzene rings is 1. The van der Waals surface area contributed by atoms with E-state index < -0.39 is 0 Å². The summed E-state index contributed by atoms with van der Waals surface area (Å²) >= 11 is 0. The third kappa shape index (κ3) is 2.23. The van der Waals surface area contributed by atoms with Gasteiger partial charge in [0.25, 0.3) is 0 Å². The zero-order valence-corrected chi connectivity index (χ0v) is 10.7. The van der Waals surface area contributed by atoms with Gasteiger partial charge in [0.2, 0.25) is 0 Å². The highest BCUT2D eigenvalue weighted by Crippen LogP contribution is 2.26. The zero-order valence-electron chi connectivity index (χ0n) is 10.7. The molecule has 0 radical (unpaired) electrons. The summed E-state index contributed by atoms with van der Waals surface area (Å²) in [7, 11) is 1.99. The molecule has 0 amide bonds. The van der Waals surface area contributed by atoms with Crippen LogP contribution in [0.2, 0.25) is 0 Å². The van der Waals surface area contributed by atoms with E-state index in [1.165, 1.54) is 12.1 Å². The Morgan fingerprint density at radius 2 is 1.71 bits per heavy atom. The number of halogens is 1. The Balaban J connectivity index is 2.48. The number of imidazole rings is 1. The van der Waals surface area contributed by atoms with Gasteiger partial charge >= 0.3 is 0 Å². The van der Waals surface area contributed by atoms with Gasteiger partial charge in [-0.15, -0.1) is 0 Å². The first-order valence-corrected chi connectivity index (χ1v) is 5.68. The standard InChI is InChI=1S/C14H17FN2/c1-14(2,3)13-16-9-12(17(13)4)10-5-7-11(15)8-6-10/h5-9H,1-4H3. The number of hydrogen-bond acceptors (Lipinski definition) is 1. The summed E-state index contributed by atoms with van der Waals surface area (Å²) in [5, 5.41) is 0. The van der Waals surface area contributed by atoms with Gasteiger partial charge in [0, 0.05) is 12.5 Å². The van der Waals surface area contributed by atoms with Crippen molar-refractivity contribution in [1.29, 1.82) is 0 Å². The van der Waals surface area contributed by atoms with Gasteiger partial charge in [-0.1, -0.05) is 20.8 Å². The lowest BCUT2D eigenvalue weighted by Crippen LogP contribution is -2.17. The second kappa shape index (κ2) is 3.99. The largest absolute Gasteiger partial charge is 0.331 e. The summed E-state index contributed by atoms with van der Waals surface area (Å²) in [5.74, 6) is 0.809. The van der Waals surface area contributed by atoms with Crippen LogP contribution in [0.1, 0.15) is 26.6 Å². The Morgan fingerprint density at radius 3 is 2.18 bits per heavy atom. The third-order valence-corrected chi connectivity index (χ3v) is 2.80. The summed E-state index contributed by atoms with van der Waals surface area (Å²) < 4.78 is 14.9. The normalized spacial score (nSPS) is 11.8. The van der Waals surface area contributed by atoms with Crippen LogP contribution in [0.4, 0.5) is 4.39 Å². The van der Waals surface area contributed by atoms with Crippen LogP contribution in [-0.2, 0) is 12.5 Å². The average Bonchev–Trinajstić information content (AvgIpc) is 2.61. The minimum Gasteiger partial charge on any atom is -0.331 e. The van der Waals surface area contributed by atoms with E-state index in [1.54, 1.807) is 12.1 Å². The Bertz CT molecular complexity index is 518. The quantitative estimate of drug-likeness (QED) is 0.735. The molecule has 17 heavy (non-hydrogen) atoms. The highest BCUT2D eigenvalue weighted by atomic mass is 19.1. The lowest BCUT2D eigenvalue weighted by Gasteiger charge is -2.18. The Morgan fingerprint density at radius 1 is 1.12 bits per heavy atom. The first-order valence-electron chi connectivity index (χ1n) is 5.68. The molecule has 1 heterocycles. The summed E-state index contributed by atoms with van der Waals surface area (Å²) in [6.45, 7) is 6.39. The minimum atomic E-state index is -0.216. The molecule has 2 nitrogen and oxygen atoms in total. The van der Waals surface area contributed by atoms with Crippen molar-refractivity contribution in [3.8, 4) is 11.3 Å². The maximum absolute atomic E-state index is 12.9. The molecule has 0 aliphatic carbocycles. The molecule has 0 N–H and O–H groups in total. The highest BCUT2D eigenvalue weighted by molar-refractivity contribution is 5.59. The van der Waals surface area contributed by atoms with E-state index in [-0.39, 0.29) is 11.2 Å². The molecule has 0 saturated heterocycles. The predicted octanol–water partition coefficient (Wildman–Crippen LogP) is 3.52. The Hall–Kier alpha value is -1.64. The lowest BCUT2D eigenvalue weighted by molar-refractivity contribution is 0.524. The minimum absolute atomic E-state index is 0.00697. The van der Waals surface area contributed by atoms with E-state index >= 15 is 0 Å². The van der Waals surface area contributed by atoms with Crippen molar-refractivity contribution in [3.05, 3.63) is 42.1 Å². The predicted molar refractivity (Wildman–Crippen MR) is 67.3 cm³/mol. The lowest BCUT2D eigenvalue weighted by atomic mass is 9.96. The van der Waals surface area contributed by atoms with Gasteiger partial charge in [-0.25, -0.2) is 9.37 Å². The van der Waals surface area contributed by atoms with Gasteiger partial charge in [0.05, 0.1) is 11.9 Å². The van der Waals surface area contributed by atoms with Crippen molar-refractivity contribution < 1.29 is 4.39 Å². The Kier molecular flexibility index (Phi) is 2.77. The van der Waals surface area contributed by atoms with Crippen LogP contribution in [0, 0.1) is 5.82 Å². The van der Waals surface area contributed by atoms with Crippen molar-refractivity contribution in [3.63, 3.8) is 0 Å². The van der Waals surface area contributed by atoms with Crippen molar-refractivity contribution >= 4 is 0 Å².